The second-order valence-electron chi connectivity index (χ2n) is 5.19. The molecule has 0 aliphatic carbocycles. The van der Waals surface area contributed by atoms with Crippen LogP contribution in [-0.4, -0.2) is 51.7 Å². The Morgan fingerprint density at radius 3 is 2.80 bits per heavy atom. The summed E-state index contributed by atoms with van der Waals surface area (Å²) in [5.41, 5.74) is 5.91. The first-order chi connectivity index (χ1) is 8.99. The van der Waals surface area contributed by atoms with Gasteiger partial charge in [0.25, 0.3) is 0 Å². The second kappa shape index (κ2) is 7.01. The number of ether oxygens (including phenoxy) is 1. The monoisotopic (exact) mass is 303 g/mol. The van der Waals surface area contributed by atoms with Crippen molar-refractivity contribution in [3.05, 3.63) is 11.6 Å². The maximum Gasteiger partial charge on any atom is 0.239 e. The van der Waals surface area contributed by atoms with Crippen LogP contribution < -0.4 is 5.73 Å². The lowest BCUT2D eigenvalue weighted by atomic mass is 10.0. The Labute approximate surface area is 124 Å². The molecule has 1 aliphatic heterocycles. The highest BCUT2D eigenvalue weighted by atomic mass is 35.5. The normalized spacial score (nSPS) is 20.6. The zero-order valence-corrected chi connectivity index (χ0v) is 12.8. The third-order valence-corrected chi connectivity index (χ3v) is 3.28. The number of aromatic nitrogens is 3. The Bertz CT molecular complexity index is 451. The van der Waals surface area contributed by atoms with E-state index in [2.05, 4.69) is 15.2 Å². The van der Waals surface area contributed by atoms with Crippen LogP contribution in [0, 0.1) is 12.8 Å². The summed E-state index contributed by atoms with van der Waals surface area (Å²) in [6.45, 7) is 7.22. The van der Waals surface area contributed by atoms with Gasteiger partial charge in [0, 0.05) is 6.54 Å². The van der Waals surface area contributed by atoms with Crippen molar-refractivity contribution in [2.75, 3.05) is 19.7 Å². The maximum atomic E-state index is 12.2. The van der Waals surface area contributed by atoms with Gasteiger partial charge in [-0.15, -0.1) is 12.4 Å². The molecule has 0 saturated carbocycles. The summed E-state index contributed by atoms with van der Waals surface area (Å²) in [6.07, 6.45) is -0.276. The molecule has 2 atom stereocenters. The molecule has 20 heavy (non-hydrogen) atoms. The molecule has 1 unspecified atom stereocenters. The van der Waals surface area contributed by atoms with Crippen molar-refractivity contribution < 1.29 is 9.53 Å². The molecular weight excluding hydrogens is 282 g/mol. The fourth-order valence-corrected chi connectivity index (χ4v) is 2.01. The number of amides is 1. The van der Waals surface area contributed by atoms with Crippen LogP contribution in [0.15, 0.2) is 0 Å². The smallest absolute Gasteiger partial charge is 0.239 e. The number of nitrogens with zero attached hydrogens (tertiary/aromatic N) is 3. The van der Waals surface area contributed by atoms with E-state index >= 15 is 0 Å². The van der Waals surface area contributed by atoms with Gasteiger partial charge in [-0.3, -0.25) is 9.89 Å². The maximum absolute atomic E-state index is 12.2. The molecule has 0 aromatic carbocycles. The minimum absolute atomic E-state index is 0. The molecular formula is C12H22ClN5O2. The van der Waals surface area contributed by atoms with E-state index in [0.717, 1.165) is 5.82 Å². The number of hydrogen-bond acceptors (Lipinski definition) is 5. The number of morpholine rings is 1. The Kier molecular flexibility index (Phi) is 5.91. The summed E-state index contributed by atoms with van der Waals surface area (Å²) >= 11 is 0. The molecule has 7 nitrogen and oxygen atoms in total. The molecule has 3 N–H and O–H groups in total. The molecule has 1 aromatic heterocycles. The van der Waals surface area contributed by atoms with Crippen LogP contribution in [0.4, 0.5) is 0 Å². The average molecular weight is 304 g/mol. The quantitative estimate of drug-likeness (QED) is 0.843. The van der Waals surface area contributed by atoms with Crippen LogP contribution >= 0.6 is 12.4 Å². The van der Waals surface area contributed by atoms with Gasteiger partial charge < -0.3 is 15.4 Å². The van der Waals surface area contributed by atoms with Gasteiger partial charge in [0.05, 0.1) is 19.2 Å². The molecule has 114 valence electrons. The Morgan fingerprint density at radius 2 is 2.25 bits per heavy atom. The molecule has 1 fully saturated rings. The number of hydrogen-bond donors (Lipinski definition) is 2. The fourth-order valence-electron chi connectivity index (χ4n) is 2.01. The number of halogens is 1. The molecule has 2 rings (SSSR count). The van der Waals surface area contributed by atoms with E-state index in [1.54, 1.807) is 4.90 Å². The van der Waals surface area contributed by atoms with Gasteiger partial charge in [-0.05, 0) is 12.8 Å². The van der Waals surface area contributed by atoms with Gasteiger partial charge in [0.1, 0.15) is 11.9 Å². The number of aryl methyl sites for hydroxylation is 1. The van der Waals surface area contributed by atoms with Crippen molar-refractivity contribution in [2.24, 2.45) is 11.7 Å². The van der Waals surface area contributed by atoms with Crippen LogP contribution in [0.3, 0.4) is 0 Å². The second-order valence-corrected chi connectivity index (χ2v) is 5.19. The largest absolute Gasteiger partial charge is 0.366 e. The minimum atomic E-state index is -0.465. The third-order valence-electron chi connectivity index (χ3n) is 3.28. The van der Waals surface area contributed by atoms with Gasteiger partial charge in [-0.2, -0.15) is 5.10 Å². The molecule has 0 bridgehead atoms. The van der Waals surface area contributed by atoms with Gasteiger partial charge >= 0.3 is 0 Å². The van der Waals surface area contributed by atoms with Gasteiger partial charge in [0.2, 0.25) is 5.91 Å². The first-order valence-electron chi connectivity index (χ1n) is 6.54. The zero-order valence-electron chi connectivity index (χ0n) is 12.0. The Balaban J connectivity index is 0.00000200. The first kappa shape index (κ1) is 16.9. The van der Waals surface area contributed by atoms with Gasteiger partial charge in [-0.25, -0.2) is 4.98 Å². The van der Waals surface area contributed by atoms with E-state index in [9.17, 15) is 4.79 Å². The predicted octanol–water partition coefficient (Wildman–Crippen LogP) is 0.418. The third kappa shape index (κ3) is 3.68. The first-order valence-corrected chi connectivity index (χ1v) is 6.54. The highest BCUT2D eigenvalue weighted by Gasteiger charge is 2.31. The predicted molar refractivity (Wildman–Crippen MR) is 76.5 cm³/mol. The summed E-state index contributed by atoms with van der Waals surface area (Å²) in [5.74, 6) is 1.42. The number of carbonyl (C=O) groups excluding carboxylic acids is 1. The molecule has 1 amide bonds. The van der Waals surface area contributed by atoms with Crippen LogP contribution in [-0.2, 0) is 9.53 Å². The number of H-pyrrole nitrogens is 1. The van der Waals surface area contributed by atoms with E-state index in [-0.39, 0.29) is 30.3 Å². The molecule has 8 heteroatoms. The van der Waals surface area contributed by atoms with E-state index in [1.165, 1.54) is 0 Å². The SMILES string of the molecule is Cc1nc(C2CN(C(=O)[C@@H](N)C(C)C)CCO2)n[nH]1.Cl. The average Bonchev–Trinajstić information content (AvgIpc) is 2.84. The number of rotatable bonds is 3. The van der Waals surface area contributed by atoms with Crippen molar-refractivity contribution >= 4 is 18.3 Å². The van der Waals surface area contributed by atoms with E-state index < -0.39 is 6.04 Å². The number of carbonyl (C=O) groups is 1. The lowest BCUT2D eigenvalue weighted by Crippen LogP contribution is -2.51. The highest BCUT2D eigenvalue weighted by Crippen LogP contribution is 2.20. The van der Waals surface area contributed by atoms with Crippen molar-refractivity contribution in [3.63, 3.8) is 0 Å². The van der Waals surface area contributed by atoms with Crippen molar-refractivity contribution in [1.82, 2.24) is 20.1 Å². The van der Waals surface area contributed by atoms with Crippen LogP contribution in [0.5, 0.6) is 0 Å². The number of nitrogens with two attached hydrogens (primary N) is 1. The van der Waals surface area contributed by atoms with Crippen molar-refractivity contribution in [3.8, 4) is 0 Å². The van der Waals surface area contributed by atoms with Crippen molar-refractivity contribution in [2.45, 2.75) is 32.9 Å². The molecule has 0 spiro atoms. The molecule has 0 radical (unpaired) electrons. The minimum Gasteiger partial charge on any atom is -0.366 e. The fraction of sp³-hybridized carbons (Fsp3) is 0.750. The summed E-state index contributed by atoms with van der Waals surface area (Å²) in [4.78, 5) is 18.2. The summed E-state index contributed by atoms with van der Waals surface area (Å²) < 4.78 is 5.62. The van der Waals surface area contributed by atoms with E-state index in [4.69, 9.17) is 10.5 Å². The van der Waals surface area contributed by atoms with Crippen molar-refractivity contribution in [1.29, 1.82) is 0 Å². The number of nitrogens with one attached hydrogen (secondary N) is 1. The summed E-state index contributed by atoms with van der Waals surface area (Å²) in [5, 5.41) is 6.86. The van der Waals surface area contributed by atoms with Crippen LogP contribution in [0.25, 0.3) is 0 Å². The molecule has 2 heterocycles. The molecule has 1 aliphatic rings. The molecule has 1 aromatic rings. The lowest BCUT2D eigenvalue weighted by molar-refractivity contribution is -0.141. The number of aromatic amines is 1. The summed E-state index contributed by atoms with van der Waals surface area (Å²) in [6, 6.07) is -0.465. The van der Waals surface area contributed by atoms with Gasteiger partial charge in [-0.1, -0.05) is 13.8 Å². The van der Waals surface area contributed by atoms with E-state index in [0.29, 0.717) is 25.5 Å². The standard InChI is InChI=1S/C12H21N5O2.ClH/c1-7(2)10(13)12(18)17-4-5-19-9(6-17)11-14-8(3)15-16-11;/h7,9-10H,4-6,13H2,1-3H3,(H,14,15,16);1H/t9?,10-;/m0./s1. The highest BCUT2D eigenvalue weighted by molar-refractivity contribution is 5.85. The summed E-state index contributed by atoms with van der Waals surface area (Å²) in [7, 11) is 0. The van der Waals surface area contributed by atoms with Gasteiger partial charge in [0.15, 0.2) is 5.82 Å². The zero-order chi connectivity index (χ0) is 14.0. The Morgan fingerprint density at radius 1 is 1.55 bits per heavy atom. The Hall–Kier alpha value is -1.18. The van der Waals surface area contributed by atoms with Crippen LogP contribution in [0.1, 0.15) is 31.6 Å². The molecule has 1 saturated heterocycles. The lowest BCUT2D eigenvalue weighted by Gasteiger charge is -2.34. The van der Waals surface area contributed by atoms with Crippen LogP contribution in [0.2, 0.25) is 0 Å². The van der Waals surface area contributed by atoms with E-state index in [1.807, 2.05) is 20.8 Å². The topological polar surface area (TPSA) is 97.1 Å².